The summed E-state index contributed by atoms with van der Waals surface area (Å²) in [5.41, 5.74) is 0. The molecule has 0 saturated carbocycles. The van der Waals surface area contributed by atoms with Crippen molar-refractivity contribution in [2.75, 3.05) is 13.6 Å². The van der Waals surface area contributed by atoms with E-state index in [-0.39, 0.29) is 0 Å². The fourth-order valence-electron chi connectivity index (χ4n) is 1.75. The largest absolute Gasteiger partial charge is 0.313 e. The molecule has 1 rings (SSSR count). The van der Waals surface area contributed by atoms with Crippen molar-refractivity contribution < 1.29 is 0 Å². The van der Waals surface area contributed by atoms with Gasteiger partial charge in [0.25, 0.3) is 0 Å². The second-order valence-corrected chi connectivity index (χ2v) is 4.30. The Hall–Kier alpha value is -0.0800. The highest BCUT2D eigenvalue weighted by atomic mass is 15.2. The first kappa shape index (κ1) is 10.0. The molecule has 2 atom stereocenters. The number of nitrogens with one attached hydrogen (secondary N) is 1. The van der Waals surface area contributed by atoms with E-state index in [0.29, 0.717) is 6.04 Å². The molecule has 1 N–H and O–H groups in total. The highest BCUT2D eigenvalue weighted by molar-refractivity contribution is 4.81. The third-order valence-electron chi connectivity index (χ3n) is 3.03. The molecule has 0 bridgehead atoms. The second-order valence-electron chi connectivity index (χ2n) is 4.30. The first-order valence-electron chi connectivity index (χ1n) is 5.06. The molecule has 0 aromatic heterocycles. The molecule has 72 valence electrons. The van der Waals surface area contributed by atoms with Crippen LogP contribution in [0, 0.1) is 0 Å². The van der Waals surface area contributed by atoms with Crippen molar-refractivity contribution >= 4 is 0 Å². The van der Waals surface area contributed by atoms with Crippen LogP contribution < -0.4 is 5.32 Å². The van der Waals surface area contributed by atoms with Gasteiger partial charge in [0.1, 0.15) is 0 Å². The van der Waals surface area contributed by atoms with Crippen LogP contribution in [0.5, 0.6) is 0 Å². The third-order valence-corrected chi connectivity index (χ3v) is 3.03. The lowest BCUT2D eigenvalue weighted by atomic mass is 10.0. The van der Waals surface area contributed by atoms with E-state index in [0.717, 1.165) is 18.6 Å². The van der Waals surface area contributed by atoms with Crippen molar-refractivity contribution in [2.24, 2.45) is 0 Å². The summed E-state index contributed by atoms with van der Waals surface area (Å²) >= 11 is 0. The minimum atomic E-state index is 0.671. The lowest BCUT2D eigenvalue weighted by Crippen LogP contribution is -2.49. The van der Waals surface area contributed by atoms with Gasteiger partial charge in [-0.1, -0.05) is 0 Å². The zero-order valence-corrected chi connectivity index (χ0v) is 8.80. The van der Waals surface area contributed by atoms with Gasteiger partial charge in [-0.25, -0.2) is 0 Å². The van der Waals surface area contributed by atoms with Crippen LogP contribution in [0.1, 0.15) is 33.6 Å². The molecule has 1 aliphatic heterocycles. The fraction of sp³-hybridized carbons (Fsp3) is 1.00. The van der Waals surface area contributed by atoms with Crippen molar-refractivity contribution in [3.05, 3.63) is 0 Å². The van der Waals surface area contributed by atoms with Gasteiger partial charge in [0.15, 0.2) is 0 Å². The number of rotatable bonds is 2. The molecular formula is C10H22N2. The zero-order valence-electron chi connectivity index (χ0n) is 8.80. The van der Waals surface area contributed by atoms with Crippen LogP contribution in [0.3, 0.4) is 0 Å². The molecule has 1 fully saturated rings. The molecule has 0 radical (unpaired) electrons. The Morgan fingerprint density at radius 2 is 2.00 bits per heavy atom. The molecule has 1 heterocycles. The van der Waals surface area contributed by atoms with E-state index >= 15 is 0 Å². The smallest absolute Gasteiger partial charge is 0.0220 e. The Bertz CT molecular complexity index is 126. The Kier molecular flexibility index (Phi) is 3.53. The monoisotopic (exact) mass is 170 g/mol. The van der Waals surface area contributed by atoms with E-state index in [1.807, 2.05) is 0 Å². The standard InChI is InChI=1S/C10H22N2/c1-8(2)12(4)10-6-5-9(3)11-7-10/h8-11H,5-7H2,1-4H3. The average Bonchev–Trinajstić information content (AvgIpc) is 2.04. The van der Waals surface area contributed by atoms with Crippen molar-refractivity contribution in [3.63, 3.8) is 0 Å². The van der Waals surface area contributed by atoms with Gasteiger partial charge in [-0.2, -0.15) is 0 Å². The van der Waals surface area contributed by atoms with Gasteiger partial charge in [-0.05, 0) is 40.7 Å². The van der Waals surface area contributed by atoms with E-state index in [1.165, 1.54) is 12.8 Å². The van der Waals surface area contributed by atoms with Crippen LogP contribution in [0.25, 0.3) is 0 Å². The van der Waals surface area contributed by atoms with Gasteiger partial charge in [0.2, 0.25) is 0 Å². The van der Waals surface area contributed by atoms with Crippen LogP contribution in [-0.4, -0.2) is 36.6 Å². The fourth-order valence-corrected chi connectivity index (χ4v) is 1.75. The van der Waals surface area contributed by atoms with Crippen LogP contribution >= 0.6 is 0 Å². The zero-order chi connectivity index (χ0) is 9.14. The lowest BCUT2D eigenvalue weighted by Gasteiger charge is -2.36. The molecule has 12 heavy (non-hydrogen) atoms. The first-order valence-corrected chi connectivity index (χ1v) is 5.06. The van der Waals surface area contributed by atoms with E-state index in [4.69, 9.17) is 0 Å². The number of nitrogens with zero attached hydrogens (tertiary/aromatic N) is 1. The maximum absolute atomic E-state index is 3.53. The van der Waals surface area contributed by atoms with Crippen molar-refractivity contribution in [1.29, 1.82) is 0 Å². The summed E-state index contributed by atoms with van der Waals surface area (Å²) in [5, 5.41) is 3.53. The van der Waals surface area contributed by atoms with E-state index in [1.54, 1.807) is 0 Å². The van der Waals surface area contributed by atoms with Crippen LogP contribution in [-0.2, 0) is 0 Å². The lowest BCUT2D eigenvalue weighted by molar-refractivity contribution is 0.153. The predicted octanol–water partition coefficient (Wildman–Crippen LogP) is 1.47. The second kappa shape index (κ2) is 4.24. The van der Waals surface area contributed by atoms with Gasteiger partial charge in [-0.3, -0.25) is 4.90 Å². The van der Waals surface area contributed by atoms with Gasteiger partial charge < -0.3 is 5.32 Å². The summed E-state index contributed by atoms with van der Waals surface area (Å²) in [7, 11) is 2.23. The van der Waals surface area contributed by atoms with Gasteiger partial charge in [0, 0.05) is 24.7 Å². The summed E-state index contributed by atoms with van der Waals surface area (Å²) in [4.78, 5) is 2.47. The summed E-state index contributed by atoms with van der Waals surface area (Å²) in [6.07, 6.45) is 2.67. The molecule has 2 heteroatoms. The molecule has 0 amide bonds. The van der Waals surface area contributed by atoms with Crippen molar-refractivity contribution in [2.45, 2.75) is 51.7 Å². The van der Waals surface area contributed by atoms with Gasteiger partial charge >= 0.3 is 0 Å². The summed E-state index contributed by atoms with van der Waals surface area (Å²) in [6.45, 7) is 7.96. The minimum Gasteiger partial charge on any atom is -0.313 e. The summed E-state index contributed by atoms with van der Waals surface area (Å²) in [6, 6.07) is 2.15. The van der Waals surface area contributed by atoms with Crippen molar-refractivity contribution in [3.8, 4) is 0 Å². The highest BCUT2D eigenvalue weighted by Gasteiger charge is 2.22. The number of hydrogen-bond donors (Lipinski definition) is 1. The predicted molar refractivity (Wildman–Crippen MR) is 53.4 cm³/mol. The van der Waals surface area contributed by atoms with Crippen LogP contribution in [0.4, 0.5) is 0 Å². The minimum absolute atomic E-state index is 0.671. The quantitative estimate of drug-likeness (QED) is 0.675. The Morgan fingerprint density at radius 3 is 2.42 bits per heavy atom. The number of hydrogen-bond acceptors (Lipinski definition) is 2. The summed E-state index contributed by atoms with van der Waals surface area (Å²) < 4.78 is 0. The van der Waals surface area contributed by atoms with Gasteiger partial charge in [0.05, 0.1) is 0 Å². The number of piperidine rings is 1. The molecule has 0 aromatic carbocycles. The third kappa shape index (κ3) is 2.46. The molecule has 0 aliphatic carbocycles. The van der Waals surface area contributed by atoms with Crippen molar-refractivity contribution in [1.82, 2.24) is 10.2 Å². The topological polar surface area (TPSA) is 15.3 Å². The average molecular weight is 170 g/mol. The first-order chi connectivity index (χ1) is 5.61. The molecule has 0 aromatic rings. The molecule has 1 aliphatic rings. The molecular weight excluding hydrogens is 148 g/mol. The van der Waals surface area contributed by atoms with E-state index in [9.17, 15) is 0 Å². The van der Waals surface area contributed by atoms with Crippen LogP contribution in [0.15, 0.2) is 0 Å². The molecule has 0 spiro atoms. The Morgan fingerprint density at radius 1 is 1.33 bits per heavy atom. The highest BCUT2D eigenvalue weighted by Crippen LogP contribution is 2.14. The maximum Gasteiger partial charge on any atom is 0.0220 e. The van der Waals surface area contributed by atoms with E-state index < -0.39 is 0 Å². The SMILES string of the molecule is CC1CCC(N(C)C(C)C)CN1. The molecule has 2 nitrogen and oxygen atoms in total. The normalized spacial score (nSPS) is 31.5. The molecule has 1 saturated heterocycles. The summed E-state index contributed by atoms with van der Waals surface area (Å²) in [5.74, 6) is 0. The van der Waals surface area contributed by atoms with Crippen LogP contribution in [0.2, 0.25) is 0 Å². The van der Waals surface area contributed by atoms with E-state index in [2.05, 4.69) is 38.0 Å². The Balaban J connectivity index is 2.34. The molecule has 2 unspecified atom stereocenters. The number of likely N-dealkylation sites (N-methyl/N-ethyl adjacent to an activating group) is 1. The Labute approximate surface area is 76.3 Å². The van der Waals surface area contributed by atoms with Gasteiger partial charge in [-0.15, -0.1) is 0 Å². The maximum atomic E-state index is 3.53.